The van der Waals surface area contributed by atoms with Crippen molar-refractivity contribution < 1.29 is 22.7 Å². The van der Waals surface area contributed by atoms with E-state index in [0.717, 1.165) is 0 Å². The maximum Gasteiger partial charge on any atom is 0.404 e. The number of hydrogen-bond acceptors (Lipinski definition) is 3. The fourth-order valence-corrected chi connectivity index (χ4v) is 1.54. The highest BCUT2D eigenvalue weighted by Crippen LogP contribution is 2.29. The van der Waals surface area contributed by atoms with Gasteiger partial charge in [0.1, 0.15) is 6.04 Å². The lowest BCUT2D eigenvalue weighted by molar-refractivity contribution is -0.179. The van der Waals surface area contributed by atoms with Gasteiger partial charge in [-0.2, -0.15) is 13.2 Å². The van der Waals surface area contributed by atoms with Gasteiger partial charge in [0.25, 0.3) is 0 Å². The predicted octanol–water partition coefficient (Wildman–Crippen LogP) is 2.88. The fraction of sp³-hybridized carbons (Fsp3) is 0.917. The van der Waals surface area contributed by atoms with Gasteiger partial charge in [0.05, 0.1) is 12.0 Å². The Morgan fingerprint density at radius 2 is 1.78 bits per heavy atom. The van der Waals surface area contributed by atoms with Crippen LogP contribution in [0.2, 0.25) is 0 Å². The zero-order valence-electron chi connectivity index (χ0n) is 11.3. The van der Waals surface area contributed by atoms with Crippen molar-refractivity contribution in [2.45, 2.75) is 58.9 Å². The van der Waals surface area contributed by atoms with E-state index in [4.69, 9.17) is 10.5 Å². The third kappa shape index (κ3) is 5.71. The second-order valence-electron chi connectivity index (χ2n) is 4.91. The summed E-state index contributed by atoms with van der Waals surface area (Å²) in [6.45, 7) is 6.84. The summed E-state index contributed by atoms with van der Waals surface area (Å²) in [6, 6.07) is -2.17. The van der Waals surface area contributed by atoms with Gasteiger partial charge in [0.15, 0.2) is 0 Å². The third-order valence-electron chi connectivity index (χ3n) is 2.82. The van der Waals surface area contributed by atoms with Crippen LogP contribution in [0.25, 0.3) is 0 Å². The summed E-state index contributed by atoms with van der Waals surface area (Å²) in [5.74, 6) is -2.21. The average molecular weight is 269 g/mol. The van der Waals surface area contributed by atoms with E-state index in [0.29, 0.717) is 6.42 Å². The summed E-state index contributed by atoms with van der Waals surface area (Å²) < 4.78 is 42.7. The summed E-state index contributed by atoms with van der Waals surface area (Å²) >= 11 is 0. The first-order chi connectivity index (χ1) is 8.09. The van der Waals surface area contributed by atoms with Crippen LogP contribution in [0, 0.1) is 11.8 Å². The molecule has 3 nitrogen and oxygen atoms in total. The van der Waals surface area contributed by atoms with E-state index >= 15 is 0 Å². The number of rotatable bonds is 6. The molecule has 0 aliphatic heterocycles. The molecular weight excluding hydrogens is 247 g/mol. The van der Waals surface area contributed by atoms with Crippen molar-refractivity contribution in [2.24, 2.45) is 17.6 Å². The van der Waals surface area contributed by atoms with E-state index in [2.05, 4.69) is 0 Å². The van der Waals surface area contributed by atoms with Gasteiger partial charge in [0, 0.05) is 0 Å². The number of alkyl halides is 3. The van der Waals surface area contributed by atoms with Crippen molar-refractivity contribution in [3.8, 4) is 0 Å². The smallest absolute Gasteiger partial charge is 0.404 e. The van der Waals surface area contributed by atoms with E-state index in [1.807, 2.05) is 6.92 Å². The topological polar surface area (TPSA) is 52.3 Å². The first kappa shape index (κ1) is 17.2. The largest absolute Gasteiger partial charge is 0.463 e. The number of nitrogens with two attached hydrogens (primary N) is 1. The van der Waals surface area contributed by atoms with Gasteiger partial charge in [-0.3, -0.25) is 4.79 Å². The zero-order chi connectivity index (χ0) is 14.5. The van der Waals surface area contributed by atoms with Crippen molar-refractivity contribution in [2.75, 3.05) is 0 Å². The molecule has 18 heavy (non-hydrogen) atoms. The maximum absolute atomic E-state index is 12.6. The van der Waals surface area contributed by atoms with Gasteiger partial charge in [-0.25, -0.2) is 0 Å². The van der Waals surface area contributed by atoms with E-state index in [-0.39, 0.29) is 12.3 Å². The summed E-state index contributed by atoms with van der Waals surface area (Å²) in [4.78, 5) is 11.7. The van der Waals surface area contributed by atoms with Crippen LogP contribution < -0.4 is 5.73 Å². The molecule has 0 aliphatic carbocycles. The highest BCUT2D eigenvalue weighted by atomic mass is 19.4. The molecule has 0 saturated carbocycles. The first-order valence-corrected chi connectivity index (χ1v) is 6.12. The Morgan fingerprint density at radius 1 is 1.28 bits per heavy atom. The molecule has 0 amide bonds. The fourth-order valence-electron chi connectivity index (χ4n) is 1.54. The summed E-state index contributed by atoms with van der Waals surface area (Å²) in [7, 11) is 0. The minimum absolute atomic E-state index is 0.0110. The Balaban J connectivity index is 4.87. The maximum atomic E-state index is 12.6. The van der Waals surface area contributed by atoms with Crippen LogP contribution in [-0.2, 0) is 9.53 Å². The number of esters is 1. The van der Waals surface area contributed by atoms with Crippen molar-refractivity contribution in [1.82, 2.24) is 0 Å². The van der Waals surface area contributed by atoms with E-state index in [9.17, 15) is 18.0 Å². The molecule has 2 N–H and O–H groups in total. The Bertz CT molecular complexity index is 267. The number of ether oxygens (including phenoxy) is 1. The van der Waals surface area contributed by atoms with E-state index in [1.54, 1.807) is 20.8 Å². The number of hydrogen-bond donors (Lipinski definition) is 1. The van der Waals surface area contributed by atoms with Crippen LogP contribution in [0.3, 0.4) is 0 Å². The summed E-state index contributed by atoms with van der Waals surface area (Å²) in [5, 5.41) is 0. The highest BCUT2D eigenvalue weighted by Gasteiger charge is 2.46. The van der Waals surface area contributed by atoms with Crippen molar-refractivity contribution in [3.63, 3.8) is 0 Å². The molecule has 0 aliphatic rings. The van der Waals surface area contributed by atoms with Gasteiger partial charge in [0.2, 0.25) is 0 Å². The van der Waals surface area contributed by atoms with Gasteiger partial charge >= 0.3 is 12.1 Å². The Kier molecular flexibility index (Phi) is 6.67. The van der Waals surface area contributed by atoms with E-state index < -0.39 is 30.2 Å². The third-order valence-corrected chi connectivity index (χ3v) is 2.82. The number of halogens is 3. The molecule has 0 radical (unpaired) electrons. The van der Waals surface area contributed by atoms with Crippen LogP contribution in [-0.4, -0.2) is 24.3 Å². The number of carbonyl (C=O) groups is 1. The number of carbonyl (C=O) groups excluding carboxylic acids is 1. The van der Waals surface area contributed by atoms with Crippen LogP contribution >= 0.6 is 0 Å². The Morgan fingerprint density at radius 3 is 2.11 bits per heavy atom. The average Bonchev–Trinajstić information content (AvgIpc) is 2.22. The van der Waals surface area contributed by atoms with Crippen LogP contribution in [0.1, 0.15) is 40.5 Å². The molecule has 6 heteroatoms. The van der Waals surface area contributed by atoms with Crippen molar-refractivity contribution in [3.05, 3.63) is 0 Å². The monoisotopic (exact) mass is 269 g/mol. The minimum atomic E-state index is -4.59. The standard InChI is InChI=1S/C12H22F3NO2/c1-5-8(4)6-9(10(16)12(13,14)15)11(17)18-7(2)3/h7-10H,5-6,16H2,1-4H3/t8?,9-,10-/m1/s1. The van der Waals surface area contributed by atoms with Crippen LogP contribution in [0.5, 0.6) is 0 Å². The normalized spacial score (nSPS) is 17.4. The molecular formula is C12H22F3NO2. The molecule has 0 aromatic rings. The van der Waals surface area contributed by atoms with Crippen LogP contribution in [0.15, 0.2) is 0 Å². The van der Waals surface area contributed by atoms with Crippen LogP contribution in [0.4, 0.5) is 13.2 Å². The van der Waals surface area contributed by atoms with Crippen molar-refractivity contribution in [1.29, 1.82) is 0 Å². The zero-order valence-corrected chi connectivity index (χ0v) is 11.3. The lowest BCUT2D eigenvalue weighted by Gasteiger charge is -2.27. The predicted molar refractivity (Wildman–Crippen MR) is 62.8 cm³/mol. The minimum Gasteiger partial charge on any atom is -0.463 e. The molecule has 0 aromatic carbocycles. The lowest BCUT2D eigenvalue weighted by Crippen LogP contribution is -2.48. The second-order valence-corrected chi connectivity index (χ2v) is 4.91. The molecule has 0 aromatic heterocycles. The van der Waals surface area contributed by atoms with Gasteiger partial charge in [-0.05, 0) is 26.2 Å². The molecule has 1 unspecified atom stereocenters. The van der Waals surface area contributed by atoms with Gasteiger partial charge < -0.3 is 10.5 Å². The molecule has 0 heterocycles. The van der Waals surface area contributed by atoms with Gasteiger partial charge in [-0.15, -0.1) is 0 Å². The Labute approximate surface area is 106 Å². The highest BCUT2D eigenvalue weighted by molar-refractivity contribution is 5.73. The van der Waals surface area contributed by atoms with E-state index in [1.165, 1.54) is 0 Å². The Hall–Kier alpha value is -0.780. The summed E-state index contributed by atoms with van der Waals surface area (Å²) in [6.07, 6.45) is -4.26. The molecule has 108 valence electrons. The SMILES string of the molecule is CCC(C)C[C@@H](C(=O)OC(C)C)[C@@H](N)C(F)(F)F. The quantitative estimate of drug-likeness (QED) is 0.754. The van der Waals surface area contributed by atoms with Crippen molar-refractivity contribution >= 4 is 5.97 Å². The second kappa shape index (κ2) is 6.97. The summed E-state index contributed by atoms with van der Waals surface area (Å²) in [5.41, 5.74) is 5.15. The molecule has 0 fully saturated rings. The van der Waals surface area contributed by atoms with Gasteiger partial charge in [-0.1, -0.05) is 20.3 Å². The molecule has 0 rings (SSSR count). The molecule has 3 atom stereocenters. The first-order valence-electron chi connectivity index (χ1n) is 6.12. The molecule has 0 spiro atoms. The molecule has 0 bridgehead atoms. The molecule has 0 saturated heterocycles. The lowest BCUT2D eigenvalue weighted by atomic mass is 9.88.